The number of hydrogen-bond donors (Lipinski definition) is 1. The van der Waals surface area contributed by atoms with E-state index in [0.29, 0.717) is 11.4 Å². The van der Waals surface area contributed by atoms with Crippen LogP contribution in [0.25, 0.3) is 0 Å². The predicted octanol–water partition coefficient (Wildman–Crippen LogP) is 2.50. The van der Waals surface area contributed by atoms with Crippen LogP contribution in [0, 0.1) is 5.92 Å². The van der Waals surface area contributed by atoms with Gasteiger partial charge >= 0.3 is 0 Å². The van der Waals surface area contributed by atoms with Crippen molar-refractivity contribution in [3.8, 4) is 0 Å². The lowest BCUT2D eigenvalue weighted by Gasteiger charge is -2.21. The number of rotatable bonds is 3. The molecule has 2 rings (SSSR count). The molecule has 18 heavy (non-hydrogen) atoms. The molecule has 3 atom stereocenters. The third kappa shape index (κ3) is 2.29. The minimum Gasteiger partial charge on any atom is -0.317 e. The van der Waals surface area contributed by atoms with Crippen LogP contribution in [0.3, 0.4) is 0 Å². The molecule has 0 spiro atoms. The van der Waals surface area contributed by atoms with Gasteiger partial charge in [0.15, 0.2) is 9.84 Å². The van der Waals surface area contributed by atoms with Crippen molar-refractivity contribution in [1.82, 2.24) is 5.32 Å². The molecular weight excluding hydrogens is 270 g/mol. The topological polar surface area (TPSA) is 46.2 Å². The molecule has 5 heteroatoms. The Bertz CT molecular complexity index is 530. The van der Waals surface area contributed by atoms with Gasteiger partial charge in [0.1, 0.15) is 0 Å². The summed E-state index contributed by atoms with van der Waals surface area (Å²) in [7, 11) is -1.45. The molecule has 1 aromatic carbocycles. The van der Waals surface area contributed by atoms with Crippen LogP contribution in [0.5, 0.6) is 0 Å². The highest BCUT2D eigenvalue weighted by molar-refractivity contribution is 7.92. The standard InChI is InChI=1S/C13H18ClNO2S/c1-9-11(15-2)7-8-12(9)18(16,17)13-6-4-3-5-10(13)14/h3-6,9,11-12,15H,7-8H2,1-2H3. The van der Waals surface area contributed by atoms with Crippen molar-refractivity contribution < 1.29 is 8.42 Å². The smallest absolute Gasteiger partial charge is 0.183 e. The van der Waals surface area contributed by atoms with Gasteiger partial charge in [-0.05, 0) is 37.9 Å². The Labute approximate surface area is 113 Å². The fourth-order valence-corrected chi connectivity index (χ4v) is 5.41. The highest BCUT2D eigenvalue weighted by Gasteiger charge is 2.41. The largest absolute Gasteiger partial charge is 0.317 e. The van der Waals surface area contributed by atoms with E-state index in [4.69, 9.17) is 11.6 Å². The van der Waals surface area contributed by atoms with E-state index in [0.717, 1.165) is 6.42 Å². The van der Waals surface area contributed by atoms with E-state index in [-0.39, 0.29) is 22.1 Å². The maximum absolute atomic E-state index is 12.6. The van der Waals surface area contributed by atoms with E-state index in [1.54, 1.807) is 24.3 Å². The van der Waals surface area contributed by atoms with Crippen LogP contribution >= 0.6 is 11.6 Å². The molecule has 1 aromatic rings. The lowest BCUT2D eigenvalue weighted by atomic mass is 10.1. The summed E-state index contributed by atoms with van der Waals surface area (Å²) in [5.74, 6) is 0.108. The van der Waals surface area contributed by atoms with Crippen molar-refractivity contribution in [2.75, 3.05) is 7.05 Å². The molecule has 100 valence electrons. The van der Waals surface area contributed by atoms with Gasteiger partial charge in [-0.1, -0.05) is 30.7 Å². The molecule has 0 saturated heterocycles. The molecule has 0 radical (unpaired) electrons. The molecule has 0 aliphatic heterocycles. The normalized spacial score (nSPS) is 28.5. The Morgan fingerprint density at radius 2 is 1.94 bits per heavy atom. The predicted molar refractivity (Wildman–Crippen MR) is 73.7 cm³/mol. The van der Waals surface area contributed by atoms with E-state index in [2.05, 4.69) is 5.32 Å². The Balaban J connectivity index is 2.36. The minimum absolute atomic E-state index is 0.108. The van der Waals surface area contributed by atoms with E-state index in [9.17, 15) is 8.42 Å². The fraction of sp³-hybridized carbons (Fsp3) is 0.538. The Kier molecular flexibility index (Phi) is 3.99. The minimum atomic E-state index is -3.33. The van der Waals surface area contributed by atoms with Crippen molar-refractivity contribution in [1.29, 1.82) is 0 Å². The lowest BCUT2D eigenvalue weighted by molar-refractivity contribution is 0.453. The summed E-state index contributed by atoms with van der Waals surface area (Å²) in [6.45, 7) is 1.99. The lowest BCUT2D eigenvalue weighted by Crippen LogP contribution is -2.34. The van der Waals surface area contributed by atoms with Crippen LogP contribution in [0.15, 0.2) is 29.2 Å². The molecule has 0 aromatic heterocycles. The molecule has 0 bridgehead atoms. The Hall–Kier alpha value is -0.580. The maximum atomic E-state index is 12.6. The molecule has 1 N–H and O–H groups in total. The second kappa shape index (κ2) is 5.19. The van der Waals surface area contributed by atoms with Crippen LogP contribution in [0.2, 0.25) is 5.02 Å². The van der Waals surface area contributed by atoms with Gasteiger partial charge in [-0.25, -0.2) is 8.42 Å². The first-order valence-electron chi connectivity index (χ1n) is 6.14. The monoisotopic (exact) mass is 287 g/mol. The Morgan fingerprint density at radius 3 is 2.50 bits per heavy atom. The maximum Gasteiger partial charge on any atom is 0.183 e. The van der Waals surface area contributed by atoms with Gasteiger partial charge in [0.25, 0.3) is 0 Å². The molecule has 1 saturated carbocycles. The van der Waals surface area contributed by atoms with Crippen LogP contribution in [-0.2, 0) is 9.84 Å². The number of hydrogen-bond acceptors (Lipinski definition) is 3. The van der Waals surface area contributed by atoms with Gasteiger partial charge in [0.05, 0.1) is 15.2 Å². The van der Waals surface area contributed by atoms with Crippen LogP contribution in [0.1, 0.15) is 19.8 Å². The van der Waals surface area contributed by atoms with E-state index < -0.39 is 9.84 Å². The van der Waals surface area contributed by atoms with Gasteiger partial charge < -0.3 is 5.32 Å². The second-order valence-corrected chi connectivity index (χ2v) is 7.39. The SMILES string of the molecule is CNC1CCC(S(=O)(=O)c2ccccc2Cl)C1C. The van der Waals surface area contributed by atoms with Gasteiger partial charge in [0.2, 0.25) is 0 Å². The Morgan fingerprint density at radius 1 is 1.28 bits per heavy atom. The van der Waals surface area contributed by atoms with Crippen molar-refractivity contribution in [3.63, 3.8) is 0 Å². The molecule has 3 nitrogen and oxygen atoms in total. The first-order chi connectivity index (χ1) is 8.48. The molecule has 1 aliphatic rings. The number of halogens is 1. The first-order valence-corrected chi connectivity index (χ1v) is 8.06. The molecule has 0 amide bonds. The third-order valence-electron chi connectivity index (χ3n) is 3.90. The summed E-state index contributed by atoms with van der Waals surface area (Å²) < 4.78 is 25.2. The summed E-state index contributed by atoms with van der Waals surface area (Å²) in [4.78, 5) is 0.264. The summed E-state index contributed by atoms with van der Waals surface area (Å²) >= 11 is 6.01. The molecule has 1 aliphatic carbocycles. The quantitative estimate of drug-likeness (QED) is 0.929. The van der Waals surface area contributed by atoms with E-state index in [1.807, 2.05) is 14.0 Å². The average Bonchev–Trinajstić information content (AvgIpc) is 2.71. The first kappa shape index (κ1) is 13.8. The summed E-state index contributed by atoms with van der Waals surface area (Å²) in [5.41, 5.74) is 0. The van der Waals surface area contributed by atoms with Gasteiger partial charge in [-0.15, -0.1) is 0 Å². The summed E-state index contributed by atoms with van der Waals surface area (Å²) in [6.07, 6.45) is 1.59. The van der Waals surface area contributed by atoms with E-state index in [1.165, 1.54) is 0 Å². The zero-order valence-corrected chi connectivity index (χ0v) is 12.1. The number of benzene rings is 1. The van der Waals surface area contributed by atoms with Crippen molar-refractivity contribution in [2.24, 2.45) is 5.92 Å². The summed E-state index contributed by atoms with van der Waals surface area (Å²) in [5, 5.41) is 3.16. The average molecular weight is 288 g/mol. The highest BCUT2D eigenvalue weighted by atomic mass is 35.5. The third-order valence-corrected chi connectivity index (χ3v) is 6.77. The highest BCUT2D eigenvalue weighted by Crippen LogP contribution is 2.36. The zero-order valence-electron chi connectivity index (χ0n) is 10.6. The molecular formula is C13H18ClNO2S. The van der Waals surface area contributed by atoms with Crippen molar-refractivity contribution >= 4 is 21.4 Å². The van der Waals surface area contributed by atoms with Gasteiger partial charge in [0, 0.05) is 6.04 Å². The van der Waals surface area contributed by atoms with Crippen molar-refractivity contribution in [3.05, 3.63) is 29.3 Å². The molecule has 0 heterocycles. The van der Waals surface area contributed by atoms with Crippen LogP contribution in [0.4, 0.5) is 0 Å². The van der Waals surface area contributed by atoms with Gasteiger partial charge in [-0.3, -0.25) is 0 Å². The van der Waals surface area contributed by atoms with Crippen LogP contribution < -0.4 is 5.32 Å². The summed E-state index contributed by atoms with van der Waals surface area (Å²) in [6, 6.07) is 6.96. The molecule has 1 fully saturated rings. The fourth-order valence-electron chi connectivity index (χ4n) is 2.81. The van der Waals surface area contributed by atoms with Crippen LogP contribution in [-0.4, -0.2) is 26.8 Å². The van der Waals surface area contributed by atoms with Crippen molar-refractivity contribution in [2.45, 2.75) is 36.0 Å². The second-order valence-electron chi connectivity index (χ2n) is 4.85. The van der Waals surface area contributed by atoms with Gasteiger partial charge in [-0.2, -0.15) is 0 Å². The molecule has 3 unspecified atom stereocenters. The number of sulfone groups is 1. The van der Waals surface area contributed by atoms with E-state index >= 15 is 0 Å². The number of nitrogens with one attached hydrogen (secondary N) is 1. The zero-order chi connectivity index (χ0) is 13.3.